The zero-order valence-electron chi connectivity index (χ0n) is 20.7. The minimum atomic E-state index is -2.60. The van der Waals surface area contributed by atoms with Gasteiger partial charge in [-0.25, -0.2) is 0 Å². The van der Waals surface area contributed by atoms with E-state index in [0.29, 0.717) is 6.10 Å². The highest BCUT2D eigenvalue weighted by atomic mass is 28.4. The van der Waals surface area contributed by atoms with Gasteiger partial charge >= 0.3 is 0 Å². The van der Waals surface area contributed by atoms with Crippen LogP contribution in [0.4, 0.5) is 0 Å². The van der Waals surface area contributed by atoms with E-state index in [2.05, 4.69) is 117 Å². The highest BCUT2D eigenvalue weighted by molar-refractivity contribution is 6.99. The van der Waals surface area contributed by atoms with Crippen molar-refractivity contribution in [2.45, 2.75) is 76.3 Å². The number of benzene rings is 3. The van der Waals surface area contributed by atoms with E-state index in [1.54, 1.807) is 0 Å². The lowest BCUT2D eigenvalue weighted by Crippen LogP contribution is -2.68. The molecule has 34 heavy (non-hydrogen) atoms. The molecule has 0 aromatic heterocycles. The van der Waals surface area contributed by atoms with Crippen LogP contribution in [0.1, 0.15) is 52.0 Å². The first-order valence-corrected chi connectivity index (χ1v) is 14.6. The SMILES string of the molecule is CC(C)(C)[Si](O[C@@H]1CCC[C@H]2C[C@@H]1N(Cc1ccccc1)O2)(c1ccccc1)c1ccccc1. The average Bonchev–Trinajstić information content (AvgIpc) is 3.12. The summed E-state index contributed by atoms with van der Waals surface area (Å²) in [5, 5.41) is 4.92. The Morgan fingerprint density at radius 2 is 1.38 bits per heavy atom. The molecular weight excluding hydrogens is 434 g/mol. The van der Waals surface area contributed by atoms with E-state index in [0.717, 1.165) is 32.2 Å². The van der Waals surface area contributed by atoms with Gasteiger partial charge in [-0.3, -0.25) is 4.84 Å². The van der Waals surface area contributed by atoms with Crippen LogP contribution < -0.4 is 10.4 Å². The van der Waals surface area contributed by atoms with Crippen LogP contribution in [0.25, 0.3) is 0 Å². The second-order valence-corrected chi connectivity index (χ2v) is 15.1. The largest absolute Gasteiger partial charge is 0.403 e. The molecule has 0 amide bonds. The summed E-state index contributed by atoms with van der Waals surface area (Å²) in [6.07, 6.45) is 4.85. The van der Waals surface area contributed by atoms with Gasteiger partial charge in [0.1, 0.15) is 0 Å². The van der Waals surface area contributed by atoms with Crippen molar-refractivity contribution in [3.05, 3.63) is 96.6 Å². The van der Waals surface area contributed by atoms with Crippen LogP contribution in [-0.4, -0.2) is 31.6 Å². The predicted octanol–water partition coefficient (Wildman–Crippen LogP) is 5.69. The maximum Gasteiger partial charge on any atom is 0.261 e. The maximum absolute atomic E-state index is 7.61. The van der Waals surface area contributed by atoms with Gasteiger partial charge in [-0.2, -0.15) is 5.06 Å². The van der Waals surface area contributed by atoms with Crippen LogP contribution >= 0.6 is 0 Å². The van der Waals surface area contributed by atoms with Crippen molar-refractivity contribution in [2.24, 2.45) is 0 Å². The van der Waals surface area contributed by atoms with Gasteiger partial charge < -0.3 is 4.43 Å². The highest BCUT2D eigenvalue weighted by Gasteiger charge is 2.53. The van der Waals surface area contributed by atoms with Gasteiger partial charge in [0.05, 0.1) is 18.2 Å². The van der Waals surface area contributed by atoms with Crippen molar-refractivity contribution in [2.75, 3.05) is 0 Å². The van der Waals surface area contributed by atoms with E-state index in [1.165, 1.54) is 15.9 Å². The normalized spacial score (nSPS) is 23.6. The number of fused-ring (bicyclic) bond motifs is 2. The Hall–Kier alpha value is -2.24. The molecule has 3 nitrogen and oxygen atoms in total. The summed E-state index contributed by atoms with van der Waals surface area (Å²) in [6.45, 7) is 7.91. The number of hydrogen-bond donors (Lipinski definition) is 0. The second-order valence-electron chi connectivity index (χ2n) is 10.8. The first-order valence-electron chi connectivity index (χ1n) is 12.7. The predicted molar refractivity (Wildman–Crippen MR) is 142 cm³/mol. The molecule has 5 rings (SSSR count). The smallest absolute Gasteiger partial charge is 0.261 e. The van der Waals surface area contributed by atoms with Crippen LogP contribution in [0.5, 0.6) is 0 Å². The van der Waals surface area contributed by atoms with E-state index >= 15 is 0 Å². The second kappa shape index (κ2) is 9.78. The molecule has 1 saturated carbocycles. The zero-order chi connectivity index (χ0) is 23.6. The van der Waals surface area contributed by atoms with Crippen molar-refractivity contribution in [3.63, 3.8) is 0 Å². The minimum Gasteiger partial charge on any atom is -0.403 e. The van der Waals surface area contributed by atoms with Gasteiger partial charge in [0.2, 0.25) is 0 Å². The molecule has 0 N–H and O–H groups in total. The molecule has 0 unspecified atom stereocenters. The van der Waals surface area contributed by atoms with E-state index in [9.17, 15) is 0 Å². The molecular formula is C30H37NO2Si. The van der Waals surface area contributed by atoms with Gasteiger partial charge in [0.25, 0.3) is 8.32 Å². The number of nitrogens with zero attached hydrogens (tertiary/aromatic N) is 1. The molecule has 3 aromatic carbocycles. The van der Waals surface area contributed by atoms with Gasteiger partial charge in [0, 0.05) is 6.54 Å². The molecule has 0 spiro atoms. The Morgan fingerprint density at radius 3 is 1.94 bits per heavy atom. The Morgan fingerprint density at radius 1 is 0.824 bits per heavy atom. The summed E-state index contributed by atoms with van der Waals surface area (Å²) < 4.78 is 7.61. The third-order valence-corrected chi connectivity index (χ3v) is 12.6. The van der Waals surface area contributed by atoms with E-state index in [-0.39, 0.29) is 17.2 Å². The molecule has 1 saturated heterocycles. The Labute approximate surface area is 205 Å². The Bertz CT molecular complexity index is 1010. The summed E-state index contributed by atoms with van der Waals surface area (Å²) in [6, 6.07) is 33.0. The molecule has 1 aliphatic heterocycles. The molecule has 2 fully saturated rings. The van der Waals surface area contributed by atoms with E-state index < -0.39 is 8.32 Å². The third-order valence-electron chi connectivity index (χ3n) is 7.53. The fraction of sp³-hybridized carbons (Fsp3) is 0.400. The number of hydroxylamine groups is 2. The standard InChI is InChI=1S/C30H37NO2Si/c1-30(2,3)34(26-17-9-5-10-18-26,27-19-11-6-12-20-27)33-29-21-13-16-25-22-28(29)31(32-25)23-24-14-7-4-8-15-24/h4-12,14-15,17-20,25,28-29H,13,16,21-23H2,1-3H3/t25-,28-,29+/m0/s1. The molecule has 2 aliphatic rings. The van der Waals surface area contributed by atoms with Crippen molar-refractivity contribution < 1.29 is 9.26 Å². The molecule has 178 valence electrons. The summed E-state index contributed by atoms with van der Waals surface area (Å²) in [4.78, 5) is 6.48. The fourth-order valence-corrected chi connectivity index (χ4v) is 10.7. The van der Waals surface area contributed by atoms with Crippen LogP contribution in [0.2, 0.25) is 5.04 Å². The van der Waals surface area contributed by atoms with Gasteiger partial charge in [-0.15, -0.1) is 0 Å². The van der Waals surface area contributed by atoms with Crippen LogP contribution in [0.15, 0.2) is 91.0 Å². The Balaban J connectivity index is 1.55. The summed E-state index contributed by atoms with van der Waals surface area (Å²) >= 11 is 0. The minimum absolute atomic E-state index is 0.0227. The lowest BCUT2D eigenvalue weighted by molar-refractivity contribution is -0.189. The van der Waals surface area contributed by atoms with Crippen LogP contribution in [-0.2, 0) is 15.8 Å². The molecule has 3 atom stereocenters. The lowest BCUT2D eigenvalue weighted by atomic mass is 10.1. The molecule has 2 bridgehead atoms. The molecule has 4 heteroatoms. The zero-order valence-corrected chi connectivity index (χ0v) is 21.7. The Kier molecular flexibility index (Phi) is 6.76. The average molecular weight is 472 g/mol. The van der Waals surface area contributed by atoms with Gasteiger partial charge in [-0.1, -0.05) is 112 Å². The highest BCUT2D eigenvalue weighted by Crippen LogP contribution is 2.41. The molecule has 1 aliphatic carbocycles. The molecule has 1 heterocycles. The lowest BCUT2D eigenvalue weighted by Gasteiger charge is -2.46. The van der Waals surface area contributed by atoms with Gasteiger partial charge in [-0.05, 0) is 46.7 Å². The topological polar surface area (TPSA) is 21.7 Å². The summed E-state index contributed by atoms with van der Waals surface area (Å²) in [7, 11) is -2.60. The van der Waals surface area contributed by atoms with Crippen molar-refractivity contribution in [1.29, 1.82) is 0 Å². The molecule has 3 aromatic rings. The van der Waals surface area contributed by atoms with Gasteiger partial charge in [0.15, 0.2) is 0 Å². The monoisotopic (exact) mass is 471 g/mol. The van der Waals surface area contributed by atoms with Crippen LogP contribution in [0.3, 0.4) is 0 Å². The summed E-state index contributed by atoms with van der Waals surface area (Å²) in [5.74, 6) is 0. The van der Waals surface area contributed by atoms with Crippen molar-refractivity contribution in [3.8, 4) is 0 Å². The maximum atomic E-state index is 7.61. The summed E-state index contributed by atoms with van der Waals surface area (Å²) in [5.41, 5.74) is 1.29. The molecule has 0 radical (unpaired) electrons. The first-order chi connectivity index (χ1) is 16.5. The van der Waals surface area contributed by atoms with E-state index in [1.807, 2.05) is 0 Å². The van der Waals surface area contributed by atoms with E-state index in [4.69, 9.17) is 9.26 Å². The quantitative estimate of drug-likeness (QED) is 0.431. The third kappa shape index (κ3) is 4.52. The number of hydrogen-bond acceptors (Lipinski definition) is 3. The van der Waals surface area contributed by atoms with Crippen LogP contribution in [0, 0.1) is 0 Å². The van der Waals surface area contributed by atoms with Crippen molar-refractivity contribution >= 4 is 18.7 Å². The van der Waals surface area contributed by atoms with Crippen molar-refractivity contribution in [1.82, 2.24) is 5.06 Å². The first kappa shape index (κ1) is 23.5. The fourth-order valence-electron chi connectivity index (χ4n) is 5.92. The number of rotatable bonds is 6.